The van der Waals surface area contributed by atoms with E-state index >= 15 is 0 Å². The van der Waals surface area contributed by atoms with Crippen LogP contribution in [-0.2, 0) is 27.7 Å². The van der Waals surface area contributed by atoms with Gasteiger partial charge >= 0.3 is 0 Å². The van der Waals surface area contributed by atoms with Crippen molar-refractivity contribution in [2.24, 2.45) is 0 Å². The van der Waals surface area contributed by atoms with Gasteiger partial charge in [-0.25, -0.2) is 18.1 Å². The van der Waals surface area contributed by atoms with Crippen molar-refractivity contribution in [3.63, 3.8) is 0 Å². The number of fused-ring (bicyclic) bond motifs is 1. The Hall–Kier alpha value is -3.61. The molecular weight excluding hydrogens is 508 g/mol. The molecule has 0 bridgehead atoms. The van der Waals surface area contributed by atoms with Crippen LogP contribution < -0.4 is 15.0 Å². The molecule has 0 unspecified atom stereocenters. The summed E-state index contributed by atoms with van der Waals surface area (Å²) in [6.07, 6.45) is 3.93. The first-order valence-electron chi connectivity index (χ1n) is 12.5. The number of pyridine rings is 1. The molecule has 0 saturated heterocycles. The van der Waals surface area contributed by atoms with E-state index in [1.807, 2.05) is 32.0 Å². The molecule has 0 aliphatic carbocycles. The Morgan fingerprint density at radius 3 is 2.63 bits per heavy atom. The van der Waals surface area contributed by atoms with E-state index in [1.165, 1.54) is 19.2 Å². The first kappa shape index (κ1) is 27.4. The number of hydrogen-bond donors (Lipinski definition) is 2. The van der Waals surface area contributed by atoms with Crippen LogP contribution in [-0.4, -0.2) is 60.0 Å². The van der Waals surface area contributed by atoms with Crippen LogP contribution in [0.25, 0.3) is 22.4 Å². The summed E-state index contributed by atoms with van der Waals surface area (Å²) >= 11 is 0. The maximum absolute atomic E-state index is 13.2. The number of aromatic nitrogens is 5. The van der Waals surface area contributed by atoms with Crippen LogP contribution in [0.2, 0.25) is 0 Å². The van der Waals surface area contributed by atoms with Crippen LogP contribution in [0.1, 0.15) is 38.1 Å². The molecule has 0 aliphatic rings. The van der Waals surface area contributed by atoms with Crippen LogP contribution in [0, 0.1) is 0 Å². The SMILES string of the molecule is CCCOc1ccc(S(=O)(=O)NCCOC)cc1-c1nc2c(CCC)n(Cc3ccccn3)nc2c(=O)[nH]1. The lowest BCUT2D eigenvalue weighted by molar-refractivity contribution is 0.204. The van der Waals surface area contributed by atoms with E-state index in [2.05, 4.69) is 19.8 Å². The van der Waals surface area contributed by atoms with Gasteiger partial charge in [-0.15, -0.1) is 0 Å². The molecule has 0 fully saturated rings. The largest absolute Gasteiger partial charge is 0.493 e. The Balaban J connectivity index is 1.84. The Morgan fingerprint density at radius 1 is 1.08 bits per heavy atom. The van der Waals surface area contributed by atoms with Gasteiger partial charge in [-0.3, -0.25) is 14.5 Å². The van der Waals surface area contributed by atoms with Gasteiger partial charge < -0.3 is 14.5 Å². The molecule has 12 heteroatoms. The number of ether oxygens (including phenoxy) is 2. The van der Waals surface area contributed by atoms with Crippen LogP contribution in [0.5, 0.6) is 5.75 Å². The molecule has 11 nitrogen and oxygen atoms in total. The van der Waals surface area contributed by atoms with Gasteiger partial charge in [0, 0.05) is 19.9 Å². The molecule has 4 rings (SSSR count). The van der Waals surface area contributed by atoms with Crippen molar-refractivity contribution in [2.45, 2.75) is 44.6 Å². The van der Waals surface area contributed by atoms with Crippen molar-refractivity contribution < 1.29 is 17.9 Å². The summed E-state index contributed by atoms with van der Waals surface area (Å²) in [5.74, 6) is 0.625. The zero-order valence-corrected chi connectivity index (χ0v) is 22.5. The number of aromatic amines is 1. The molecule has 202 valence electrons. The number of nitrogens with one attached hydrogen (secondary N) is 2. The maximum atomic E-state index is 13.2. The number of nitrogens with zero attached hydrogens (tertiary/aromatic N) is 4. The Kier molecular flexibility index (Phi) is 8.87. The van der Waals surface area contributed by atoms with E-state index in [0.717, 1.165) is 24.2 Å². The Labute approximate surface area is 221 Å². The highest BCUT2D eigenvalue weighted by Gasteiger charge is 2.22. The fourth-order valence-electron chi connectivity index (χ4n) is 4.01. The molecule has 0 atom stereocenters. The number of H-pyrrole nitrogens is 1. The molecule has 0 radical (unpaired) electrons. The van der Waals surface area contributed by atoms with Crippen molar-refractivity contribution in [1.29, 1.82) is 0 Å². The normalized spacial score (nSPS) is 11.8. The molecule has 3 aromatic heterocycles. The fraction of sp³-hybridized carbons (Fsp3) is 0.385. The fourth-order valence-corrected chi connectivity index (χ4v) is 5.05. The standard InChI is InChI=1S/C26H32N6O5S/c1-4-8-21-23-24(31-32(21)17-18-9-6-7-12-27-18)26(33)30-25(29-23)20-16-19(10-11-22(20)37-14-5-2)38(34,35)28-13-15-36-3/h6-7,9-12,16,28H,4-5,8,13-15,17H2,1-3H3,(H,29,30,33). The van der Waals surface area contributed by atoms with E-state index in [-0.39, 0.29) is 29.4 Å². The summed E-state index contributed by atoms with van der Waals surface area (Å²) in [6, 6.07) is 10.1. The van der Waals surface area contributed by atoms with E-state index in [4.69, 9.17) is 14.5 Å². The number of hydrogen-bond acceptors (Lipinski definition) is 8. The number of benzene rings is 1. The van der Waals surface area contributed by atoms with E-state index in [0.29, 0.717) is 36.4 Å². The predicted molar refractivity (Wildman–Crippen MR) is 144 cm³/mol. The number of aryl methyl sites for hydroxylation is 1. The minimum absolute atomic E-state index is 0.0230. The molecule has 0 saturated carbocycles. The van der Waals surface area contributed by atoms with Gasteiger partial charge in [-0.1, -0.05) is 26.3 Å². The van der Waals surface area contributed by atoms with E-state index < -0.39 is 15.6 Å². The van der Waals surface area contributed by atoms with Crippen molar-refractivity contribution in [1.82, 2.24) is 29.5 Å². The van der Waals surface area contributed by atoms with Crippen LogP contribution >= 0.6 is 0 Å². The molecule has 1 aromatic carbocycles. The quantitative estimate of drug-likeness (QED) is 0.247. The molecule has 3 heterocycles. The summed E-state index contributed by atoms with van der Waals surface area (Å²) in [7, 11) is -2.33. The minimum Gasteiger partial charge on any atom is -0.493 e. The molecule has 2 N–H and O–H groups in total. The second kappa shape index (κ2) is 12.3. The molecule has 4 aromatic rings. The average Bonchev–Trinajstić information content (AvgIpc) is 3.25. The zero-order chi connectivity index (χ0) is 27.1. The zero-order valence-electron chi connectivity index (χ0n) is 21.7. The summed E-state index contributed by atoms with van der Waals surface area (Å²) in [5.41, 5.74) is 2.25. The van der Waals surface area contributed by atoms with E-state index in [1.54, 1.807) is 16.9 Å². The number of rotatable bonds is 13. The highest BCUT2D eigenvalue weighted by Crippen LogP contribution is 2.31. The lowest BCUT2D eigenvalue weighted by atomic mass is 10.1. The first-order valence-corrected chi connectivity index (χ1v) is 14.0. The molecule has 0 spiro atoms. The van der Waals surface area contributed by atoms with Gasteiger partial charge in [0.15, 0.2) is 5.52 Å². The highest BCUT2D eigenvalue weighted by atomic mass is 32.2. The van der Waals surface area contributed by atoms with E-state index in [9.17, 15) is 13.2 Å². The molecular formula is C26H32N6O5S. The third-order valence-corrected chi connectivity index (χ3v) is 7.26. The number of sulfonamides is 1. The Bertz CT molecular complexity index is 1550. The minimum atomic E-state index is -3.83. The highest BCUT2D eigenvalue weighted by molar-refractivity contribution is 7.89. The summed E-state index contributed by atoms with van der Waals surface area (Å²) < 4.78 is 40.9. The first-order chi connectivity index (χ1) is 18.4. The summed E-state index contributed by atoms with van der Waals surface area (Å²) in [5, 5.41) is 4.55. The lowest BCUT2D eigenvalue weighted by Gasteiger charge is -2.13. The second-order valence-corrected chi connectivity index (χ2v) is 10.5. The van der Waals surface area contributed by atoms with Crippen LogP contribution in [0.4, 0.5) is 0 Å². The van der Waals surface area contributed by atoms with Crippen LogP contribution in [0.15, 0.2) is 52.3 Å². The van der Waals surface area contributed by atoms with Crippen molar-refractivity contribution in [3.05, 3.63) is 64.3 Å². The van der Waals surface area contributed by atoms with Gasteiger partial charge in [-0.05, 0) is 43.2 Å². The molecule has 38 heavy (non-hydrogen) atoms. The summed E-state index contributed by atoms with van der Waals surface area (Å²) in [6.45, 7) is 5.18. The van der Waals surface area contributed by atoms with Gasteiger partial charge in [0.25, 0.3) is 5.56 Å². The average molecular weight is 541 g/mol. The smallest absolute Gasteiger partial charge is 0.279 e. The second-order valence-electron chi connectivity index (χ2n) is 8.68. The van der Waals surface area contributed by atoms with Crippen molar-refractivity contribution in [2.75, 3.05) is 26.9 Å². The lowest BCUT2D eigenvalue weighted by Crippen LogP contribution is -2.27. The van der Waals surface area contributed by atoms with Gasteiger partial charge in [0.05, 0.1) is 41.6 Å². The topological polar surface area (TPSA) is 141 Å². The summed E-state index contributed by atoms with van der Waals surface area (Å²) in [4.78, 5) is 25.2. The molecule has 0 amide bonds. The molecule has 0 aliphatic heterocycles. The number of methoxy groups -OCH3 is 1. The third-order valence-electron chi connectivity index (χ3n) is 5.80. The van der Waals surface area contributed by atoms with Gasteiger partial charge in [0.1, 0.15) is 17.1 Å². The maximum Gasteiger partial charge on any atom is 0.279 e. The van der Waals surface area contributed by atoms with Crippen molar-refractivity contribution in [3.8, 4) is 17.1 Å². The van der Waals surface area contributed by atoms with Gasteiger partial charge in [-0.2, -0.15) is 5.10 Å². The van der Waals surface area contributed by atoms with Crippen molar-refractivity contribution >= 4 is 21.1 Å². The predicted octanol–water partition coefficient (Wildman–Crippen LogP) is 2.90. The Morgan fingerprint density at radius 2 is 1.92 bits per heavy atom. The van der Waals surface area contributed by atoms with Gasteiger partial charge in [0.2, 0.25) is 10.0 Å². The van der Waals surface area contributed by atoms with Crippen LogP contribution in [0.3, 0.4) is 0 Å². The monoisotopic (exact) mass is 540 g/mol. The third kappa shape index (κ3) is 6.09.